The first-order valence-corrected chi connectivity index (χ1v) is 5.97. The second-order valence-corrected chi connectivity index (χ2v) is 4.12. The SMILES string of the molecule is CCOc1cccc(CCC[C@H](N)C(F)(F)F)c1. The predicted octanol–water partition coefficient (Wildman–Crippen LogP) is 3.30. The van der Waals surface area contributed by atoms with E-state index in [1.807, 2.05) is 31.2 Å². The van der Waals surface area contributed by atoms with E-state index in [1.165, 1.54) is 0 Å². The zero-order valence-corrected chi connectivity index (χ0v) is 10.3. The topological polar surface area (TPSA) is 35.2 Å². The van der Waals surface area contributed by atoms with E-state index in [1.54, 1.807) is 0 Å². The second-order valence-electron chi connectivity index (χ2n) is 4.12. The Labute approximate surface area is 105 Å². The van der Waals surface area contributed by atoms with E-state index in [4.69, 9.17) is 10.5 Å². The van der Waals surface area contributed by atoms with Gasteiger partial charge in [-0.15, -0.1) is 0 Å². The van der Waals surface area contributed by atoms with Gasteiger partial charge in [0.25, 0.3) is 0 Å². The molecule has 0 saturated heterocycles. The van der Waals surface area contributed by atoms with Crippen molar-refractivity contribution >= 4 is 0 Å². The lowest BCUT2D eigenvalue weighted by Crippen LogP contribution is -2.37. The highest BCUT2D eigenvalue weighted by atomic mass is 19.4. The van der Waals surface area contributed by atoms with Crippen LogP contribution in [0, 0.1) is 0 Å². The van der Waals surface area contributed by atoms with Crippen molar-refractivity contribution < 1.29 is 17.9 Å². The Morgan fingerprint density at radius 2 is 2.06 bits per heavy atom. The molecular weight excluding hydrogens is 243 g/mol. The summed E-state index contributed by atoms with van der Waals surface area (Å²) in [6.07, 6.45) is -3.36. The van der Waals surface area contributed by atoms with Crippen molar-refractivity contribution in [2.45, 2.75) is 38.4 Å². The third-order valence-corrected chi connectivity index (χ3v) is 2.61. The lowest BCUT2D eigenvalue weighted by Gasteiger charge is -2.15. The molecule has 1 aromatic carbocycles. The van der Waals surface area contributed by atoms with Crippen LogP contribution >= 0.6 is 0 Å². The van der Waals surface area contributed by atoms with Crippen LogP contribution in [0.15, 0.2) is 24.3 Å². The van der Waals surface area contributed by atoms with Crippen molar-refractivity contribution in [2.75, 3.05) is 6.61 Å². The highest BCUT2D eigenvalue weighted by molar-refractivity contribution is 5.28. The van der Waals surface area contributed by atoms with Gasteiger partial charge in [0, 0.05) is 0 Å². The van der Waals surface area contributed by atoms with Gasteiger partial charge >= 0.3 is 6.18 Å². The summed E-state index contributed by atoms with van der Waals surface area (Å²) in [7, 11) is 0. The van der Waals surface area contributed by atoms with Crippen LogP contribution in [-0.2, 0) is 6.42 Å². The fourth-order valence-electron chi connectivity index (χ4n) is 1.65. The van der Waals surface area contributed by atoms with Crippen molar-refractivity contribution in [3.05, 3.63) is 29.8 Å². The fraction of sp³-hybridized carbons (Fsp3) is 0.538. The summed E-state index contributed by atoms with van der Waals surface area (Å²) in [5.74, 6) is 0.745. The summed E-state index contributed by atoms with van der Waals surface area (Å²) in [5, 5.41) is 0. The Bertz CT molecular complexity index is 365. The van der Waals surface area contributed by atoms with Gasteiger partial charge in [-0.05, 0) is 43.9 Å². The third kappa shape index (κ3) is 4.96. The van der Waals surface area contributed by atoms with Crippen LogP contribution < -0.4 is 10.5 Å². The number of ether oxygens (including phenoxy) is 1. The Morgan fingerprint density at radius 3 is 2.67 bits per heavy atom. The summed E-state index contributed by atoms with van der Waals surface area (Å²) in [6, 6.07) is 5.66. The molecule has 0 fully saturated rings. The third-order valence-electron chi connectivity index (χ3n) is 2.61. The summed E-state index contributed by atoms with van der Waals surface area (Å²) in [4.78, 5) is 0. The monoisotopic (exact) mass is 261 g/mol. The standard InChI is InChI=1S/C13H18F3NO/c1-2-18-11-7-3-5-10(9-11)6-4-8-12(17)13(14,15)16/h3,5,7,9,12H,2,4,6,8,17H2,1H3/t12-/m0/s1. The lowest BCUT2D eigenvalue weighted by atomic mass is 10.0. The van der Waals surface area contributed by atoms with Crippen LogP contribution in [0.25, 0.3) is 0 Å². The number of alkyl halides is 3. The molecule has 0 aliphatic rings. The smallest absolute Gasteiger partial charge is 0.403 e. The number of halogens is 3. The molecule has 2 N–H and O–H groups in total. The van der Waals surface area contributed by atoms with Crippen LogP contribution in [-0.4, -0.2) is 18.8 Å². The molecule has 0 amide bonds. The first-order valence-electron chi connectivity index (χ1n) is 5.97. The molecule has 1 atom stereocenters. The van der Waals surface area contributed by atoms with E-state index < -0.39 is 12.2 Å². The Morgan fingerprint density at radius 1 is 1.33 bits per heavy atom. The second kappa shape index (κ2) is 6.64. The molecule has 0 aromatic heterocycles. The molecule has 5 heteroatoms. The molecule has 1 aromatic rings. The van der Waals surface area contributed by atoms with Gasteiger partial charge in [0.15, 0.2) is 0 Å². The van der Waals surface area contributed by atoms with Crippen molar-refractivity contribution in [1.29, 1.82) is 0 Å². The predicted molar refractivity (Wildman–Crippen MR) is 64.6 cm³/mol. The van der Waals surface area contributed by atoms with Crippen molar-refractivity contribution in [3.8, 4) is 5.75 Å². The average Bonchev–Trinajstić information content (AvgIpc) is 2.28. The van der Waals surface area contributed by atoms with Crippen molar-refractivity contribution in [1.82, 2.24) is 0 Å². The number of benzene rings is 1. The molecule has 0 aliphatic carbocycles. The first kappa shape index (κ1) is 14.8. The molecule has 0 bridgehead atoms. The minimum Gasteiger partial charge on any atom is -0.494 e. The Balaban J connectivity index is 2.42. The first-order chi connectivity index (χ1) is 8.43. The van der Waals surface area contributed by atoms with Crippen LogP contribution in [0.1, 0.15) is 25.3 Å². The average molecular weight is 261 g/mol. The van der Waals surface area contributed by atoms with Crippen LogP contribution in [0.4, 0.5) is 13.2 Å². The van der Waals surface area contributed by atoms with E-state index >= 15 is 0 Å². The maximum Gasteiger partial charge on any atom is 0.403 e. The molecule has 0 radical (unpaired) electrons. The van der Waals surface area contributed by atoms with Crippen LogP contribution in [0.5, 0.6) is 5.75 Å². The summed E-state index contributed by atoms with van der Waals surface area (Å²) >= 11 is 0. The number of hydrogen-bond acceptors (Lipinski definition) is 2. The molecule has 0 heterocycles. The Hall–Kier alpha value is -1.23. The minimum atomic E-state index is -4.30. The zero-order valence-electron chi connectivity index (χ0n) is 10.3. The van der Waals surface area contributed by atoms with Crippen LogP contribution in [0.3, 0.4) is 0 Å². The molecule has 0 spiro atoms. The maximum atomic E-state index is 12.2. The molecule has 0 aliphatic heterocycles. The Kier molecular flexibility index (Phi) is 5.47. The largest absolute Gasteiger partial charge is 0.494 e. The number of rotatable bonds is 6. The molecule has 1 rings (SSSR count). The lowest BCUT2D eigenvalue weighted by molar-refractivity contribution is -0.149. The molecule has 18 heavy (non-hydrogen) atoms. The molecule has 0 saturated carbocycles. The van der Waals surface area contributed by atoms with Gasteiger partial charge in [0.1, 0.15) is 11.8 Å². The van der Waals surface area contributed by atoms with Gasteiger partial charge in [-0.1, -0.05) is 12.1 Å². The van der Waals surface area contributed by atoms with Gasteiger partial charge in [0.2, 0.25) is 0 Å². The van der Waals surface area contributed by atoms with Gasteiger partial charge in [0.05, 0.1) is 6.61 Å². The minimum absolute atomic E-state index is 0.0532. The number of aryl methyl sites for hydroxylation is 1. The van der Waals surface area contributed by atoms with Gasteiger partial charge in [-0.3, -0.25) is 0 Å². The molecule has 0 unspecified atom stereocenters. The van der Waals surface area contributed by atoms with Crippen molar-refractivity contribution in [2.24, 2.45) is 5.73 Å². The summed E-state index contributed by atoms with van der Waals surface area (Å²) in [5.41, 5.74) is 6.01. The van der Waals surface area contributed by atoms with E-state index in [0.29, 0.717) is 19.4 Å². The van der Waals surface area contributed by atoms with E-state index in [-0.39, 0.29) is 6.42 Å². The van der Waals surface area contributed by atoms with E-state index in [2.05, 4.69) is 0 Å². The highest BCUT2D eigenvalue weighted by Gasteiger charge is 2.35. The fourth-order valence-corrected chi connectivity index (χ4v) is 1.65. The number of nitrogens with two attached hydrogens (primary N) is 1. The summed E-state index contributed by atoms with van der Waals surface area (Å²) in [6.45, 7) is 2.46. The normalized spacial score (nSPS) is 13.4. The van der Waals surface area contributed by atoms with Gasteiger partial charge in [-0.2, -0.15) is 13.2 Å². The quantitative estimate of drug-likeness (QED) is 0.852. The highest BCUT2D eigenvalue weighted by Crippen LogP contribution is 2.22. The zero-order chi connectivity index (χ0) is 13.6. The molecule has 102 valence electrons. The van der Waals surface area contributed by atoms with Gasteiger partial charge < -0.3 is 10.5 Å². The summed E-state index contributed by atoms with van der Waals surface area (Å²) < 4.78 is 41.9. The molecule has 2 nitrogen and oxygen atoms in total. The van der Waals surface area contributed by atoms with Crippen LogP contribution in [0.2, 0.25) is 0 Å². The van der Waals surface area contributed by atoms with E-state index in [9.17, 15) is 13.2 Å². The van der Waals surface area contributed by atoms with E-state index in [0.717, 1.165) is 11.3 Å². The van der Waals surface area contributed by atoms with Gasteiger partial charge in [-0.25, -0.2) is 0 Å². The molecular formula is C13H18F3NO. The maximum absolute atomic E-state index is 12.2. The number of hydrogen-bond donors (Lipinski definition) is 1. The van der Waals surface area contributed by atoms with Crippen molar-refractivity contribution in [3.63, 3.8) is 0 Å².